The van der Waals surface area contributed by atoms with Gasteiger partial charge in [-0.05, 0) is 11.6 Å². The van der Waals surface area contributed by atoms with Crippen molar-refractivity contribution in [2.24, 2.45) is 0 Å². The van der Waals surface area contributed by atoms with Crippen LogP contribution in [0.4, 0.5) is 0 Å². The predicted molar refractivity (Wildman–Crippen MR) is 84.1 cm³/mol. The number of rotatable bonds is 2. The van der Waals surface area contributed by atoms with Crippen molar-refractivity contribution >= 4 is 5.91 Å². The zero-order valence-electron chi connectivity index (χ0n) is 13.4. The van der Waals surface area contributed by atoms with Gasteiger partial charge >= 0.3 is 0 Å². The Bertz CT molecular complexity index is 728. The molecular formula is C17H20N4O2. The van der Waals surface area contributed by atoms with Crippen LogP contribution in [0.3, 0.4) is 0 Å². The summed E-state index contributed by atoms with van der Waals surface area (Å²) in [6.07, 6.45) is 0.238. The first-order valence-electron chi connectivity index (χ1n) is 8.09. The number of carbonyl (C=O) groups is 1. The highest BCUT2D eigenvalue weighted by molar-refractivity contribution is 5.82. The van der Waals surface area contributed by atoms with Gasteiger partial charge in [0.1, 0.15) is 11.6 Å². The van der Waals surface area contributed by atoms with Gasteiger partial charge in [-0.2, -0.15) is 0 Å². The third-order valence-corrected chi connectivity index (χ3v) is 4.53. The molecule has 3 heterocycles. The highest BCUT2D eigenvalue weighted by Crippen LogP contribution is 2.29. The molecule has 0 aliphatic carbocycles. The predicted octanol–water partition coefficient (Wildman–Crippen LogP) is 1.75. The molecule has 6 heteroatoms. The van der Waals surface area contributed by atoms with E-state index in [1.165, 1.54) is 0 Å². The fraction of sp³-hybridized carbons (Fsp3) is 0.471. The van der Waals surface area contributed by atoms with Crippen LogP contribution in [0.2, 0.25) is 0 Å². The van der Waals surface area contributed by atoms with Crippen molar-refractivity contribution in [1.82, 2.24) is 19.7 Å². The Labute approximate surface area is 135 Å². The molecule has 23 heavy (non-hydrogen) atoms. The molecule has 2 aromatic rings. The molecule has 0 saturated heterocycles. The minimum absolute atomic E-state index is 0.0431. The summed E-state index contributed by atoms with van der Waals surface area (Å²) < 4.78 is 7.96. The average Bonchev–Trinajstić information content (AvgIpc) is 3.17. The van der Waals surface area contributed by atoms with E-state index >= 15 is 0 Å². The van der Waals surface area contributed by atoms with E-state index in [9.17, 15) is 4.79 Å². The SMILES string of the molecule is CC(C)c1nnc2n1CCN(C(=O)C1Cc3ccccc3O1)C2. The molecule has 1 unspecified atom stereocenters. The number of aromatic nitrogens is 3. The lowest BCUT2D eigenvalue weighted by Gasteiger charge is -2.29. The number of amides is 1. The highest BCUT2D eigenvalue weighted by Gasteiger charge is 2.34. The van der Waals surface area contributed by atoms with Gasteiger partial charge in [-0.3, -0.25) is 4.79 Å². The van der Waals surface area contributed by atoms with Crippen LogP contribution in [0.1, 0.15) is 37.0 Å². The summed E-state index contributed by atoms with van der Waals surface area (Å²) in [6, 6.07) is 7.85. The van der Waals surface area contributed by atoms with Gasteiger partial charge in [-0.1, -0.05) is 32.0 Å². The lowest BCUT2D eigenvalue weighted by atomic mass is 10.1. The molecule has 2 aliphatic rings. The van der Waals surface area contributed by atoms with Gasteiger partial charge in [-0.15, -0.1) is 10.2 Å². The summed E-state index contributed by atoms with van der Waals surface area (Å²) in [4.78, 5) is 14.6. The molecule has 1 aromatic heterocycles. The minimum atomic E-state index is -0.411. The normalized spacial score (nSPS) is 19.4. The van der Waals surface area contributed by atoms with Crippen molar-refractivity contribution in [2.75, 3.05) is 6.54 Å². The van der Waals surface area contributed by atoms with Gasteiger partial charge in [0.2, 0.25) is 0 Å². The number of fused-ring (bicyclic) bond motifs is 2. The lowest BCUT2D eigenvalue weighted by Crippen LogP contribution is -2.45. The second-order valence-corrected chi connectivity index (χ2v) is 6.46. The molecule has 0 spiro atoms. The maximum Gasteiger partial charge on any atom is 0.264 e. The average molecular weight is 312 g/mol. The maximum absolute atomic E-state index is 12.8. The van der Waals surface area contributed by atoms with Crippen molar-refractivity contribution in [1.29, 1.82) is 0 Å². The fourth-order valence-electron chi connectivity index (χ4n) is 3.32. The first-order chi connectivity index (χ1) is 11.1. The molecule has 0 saturated carbocycles. The Morgan fingerprint density at radius 3 is 2.87 bits per heavy atom. The highest BCUT2D eigenvalue weighted by atomic mass is 16.5. The molecule has 0 N–H and O–H groups in total. The Balaban J connectivity index is 1.49. The molecule has 6 nitrogen and oxygen atoms in total. The summed E-state index contributed by atoms with van der Waals surface area (Å²) in [5.41, 5.74) is 1.10. The lowest BCUT2D eigenvalue weighted by molar-refractivity contribution is -0.139. The largest absolute Gasteiger partial charge is 0.480 e. The van der Waals surface area contributed by atoms with E-state index in [0.717, 1.165) is 29.5 Å². The first kappa shape index (κ1) is 14.2. The minimum Gasteiger partial charge on any atom is -0.480 e. The molecule has 1 aromatic carbocycles. The smallest absolute Gasteiger partial charge is 0.264 e. The topological polar surface area (TPSA) is 60.2 Å². The fourth-order valence-corrected chi connectivity index (χ4v) is 3.32. The van der Waals surface area contributed by atoms with Gasteiger partial charge in [-0.25, -0.2) is 0 Å². The van der Waals surface area contributed by atoms with Crippen LogP contribution in [-0.2, 0) is 24.3 Å². The number of nitrogens with zero attached hydrogens (tertiary/aromatic N) is 4. The Morgan fingerprint density at radius 2 is 2.09 bits per heavy atom. The van der Waals surface area contributed by atoms with Gasteiger partial charge < -0.3 is 14.2 Å². The molecule has 0 fully saturated rings. The first-order valence-corrected chi connectivity index (χ1v) is 8.09. The van der Waals surface area contributed by atoms with Crippen LogP contribution in [-0.4, -0.2) is 38.2 Å². The number of hydrogen-bond acceptors (Lipinski definition) is 4. The number of para-hydroxylation sites is 1. The van der Waals surface area contributed by atoms with Crippen LogP contribution in [0.15, 0.2) is 24.3 Å². The van der Waals surface area contributed by atoms with Crippen LogP contribution < -0.4 is 4.74 Å². The molecule has 120 valence electrons. The third kappa shape index (κ3) is 2.38. The van der Waals surface area contributed by atoms with Crippen LogP contribution in [0.25, 0.3) is 0 Å². The van der Waals surface area contributed by atoms with Gasteiger partial charge in [0.05, 0.1) is 6.54 Å². The molecule has 1 atom stereocenters. The maximum atomic E-state index is 12.8. The standard InChI is InChI=1S/C17H20N4O2/c1-11(2)16-19-18-15-10-20(7-8-21(15)16)17(22)14-9-12-5-3-4-6-13(12)23-14/h3-6,11,14H,7-10H2,1-2H3. The molecule has 0 radical (unpaired) electrons. The summed E-state index contributed by atoms with van der Waals surface area (Å²) >= 11 is 0. The summed E-state index contributed by atoms with van der Waals surface area (Å²) in [7, 11) is 0. The molecule has 2 aliphatic heterocycles. The van der Waals surface area contributed by atoms with E-state index in [2.05, 4.69) is 28.6 Å². The molecule has 4 rings (SSSR count). The van der Waals surface area contributed by atoms with Crippen LogP contribution in [0.5, 0.6) is 5.75 Å². The number of carbonyl (C=O) groups excluding carboxylic acids is 1. The second kappa shape index (κ2) is 5.37. The summed E-state index contributed by atoms with van der Waals surface area (Å²) in [6.45, 7) is 6.16. The zero-order chi connectivity index (χ0) is 16.0. The number of benzene rings is 1. The van der Waals surface area contributed by atoms with Crippen molar-refractivity contribution in [3.05, 3.63) is 41.5 Å². The van der Waals surface area contributed by atoms with Gasteiger partial charge in [0, 0.05) is 25.4 Å². The Morgan fingerprint density at radius 1 is 1.26 bits per heavy atom. The molecular weight excluding hydrogens is 292 g/mol. The molecule has 0 bridgehead atoms. The van der Waals surface area contributed by atoms with Gasteiger partial charge in [0.25, 0.3) is 5.91 Å². The summed E-state index contributed by atoms with van der Waals surface area (Å²) in [5, 5.41) is 8.52. The van der Waals surface area contributed by atoms with Crippen LogP contribution in [0, 0.1) is 0 Å². The Kier molecular flexibility index (Phi) is 3.32. The van der Waals surface area contributed by atoms with E-state index in [1.54, 1.807) is 0 Å². The van der Waals surface area contributed by atoms with E-state index in [4.69, 9.17) is 4.74 Å². The quantitative estimate of drug-likeness (QED) is 0.847. The third-order valence-electron chi connectivity index (χ3n) is 4.53. The molecule has 1 amide bonds. The Hall–Kier alpha value is -2.37. The van der Waals surface area contributed by atoms with E-state index in [0.29, 0.717) is 25.4 Å². The summed E-state index contributed by atoms with van der Waals surface area (Å²) in [5.74, 6) is 3.07. The van der Waals surface area contributed by atoms with E-state index in [-0.39, 0.29) is 5.91 Å². The number of hydrogen-bond donors (Lipinski definition) is 0. The van der Waals surface area contributed by atoms with Gasteiger partial charge in [0.15, 0.2) is 11.9 Å². The zero-order valence-corrected chi connectivity index (χ0v) is 13.4. The van der Waals surface area contributed by atoms with Crippen molar-refractivity contribution in [3.8, 4) is 5.75 Å². The van der Waals surface area contributed by atoms with E-state index < -0.39 is 6.10 Å². The monoisotopic (exact) mass is 312 g/mol. The number of ether oxygens (including phenoxy) is 1. The van der Waals surface area contributed by atoms with Crippen molar-refractivity contribution in [2.45, 2.75) is 45.4 Å². The van der Waals surface area contributed by atoms with Crippen molar-refractivity contribution < 1.29 is 9.53 Å². The second-order valence-electron chi connectivity index (χ2n) is 6.46. The van der Waals surface area contributed by atoms with E-state index in [1.807, 2.05) is 29.2 Å². The van der Waals surface area contributed by atoms with Crippen LogP contribution >= 0.6 is 0 Å². The van der Waals surface area contributed by atoms with Crippen molar-refractivity contribution in [3.63, 3.8) is 0 Å².